The van der Waals surface area contributed by atoms with Gasteiger partial charge in [-0.1, -0.05) is 99.6 Å². The van der Waals surface area contributed by atoms with Crippen LogP contribution in [0.15, 0.2) is 72.9 Å². The Kier molecular flexibility index (Phi) is 23.3. The number of nitrogens with zero attached hydrogens (tertiary/aromatic N) is 1. The lowest BCUT2D eigenvalue weighted by molar-refractivity contribution is -0.870. The van der Waals surface area contributed by atoms with Crippen LogP contribution in [0.25, 0.3) is 0 Å². The van der Waals surface area contributed by atoms with Gasteiger partial charge in [-0.3, -0.25) is 9.36 Å². The molecular formula is C32H55N2O6P. The molecular weight excluding hydrogens is 539 g/mol. The molecule has 0 rings (SSSR count). The Labute approximate surface area is 249 Å². The summed E-state index contributed by atoms with van der Waals surface area (Å²) in [6.07, 6.45) is 30.4. The molecule has 0 spiro atoms. The van der Waals surface area contributed by atoms with Crippen molar-refractivity contribution >= 4 is 13.7 Å². The molecule has 0 aliphatic heterocycles. The average molecular weight is 595 g/mol. The van der Waals surface area contributed by atoms with Gasteiger partial charge in [-0.05, 0) is 38.5 Å². The molecule has 0 bridgehead atoms. The Balaban J connectivity index is 4.65. The summed E-state index contributed by atoms with van der Waals surface area (Å²) < 4.78 is 22.7. The number of carbonyl (C=O) groups excluding carboxylic acids is 1. The van der Waals surface area contributed by atoms with E-state index >= 15 is 0 Å². The lowest BCUT2D eigenvalue weighted by Gasteiger charge is -2.29. The van der Waals surface area contributed by atoms with Crippen LogP contribution in [0.4, 0.5) is 0 Å². The molecule has 0 saturated heterocycles. The van der Waals surface area contributed by atoms with Gasteiger partial charge in [0, 0.05) is 6.42 Å². The highest BCUT2D eigenvalue weighted by atomic mass is 31.2. The molecule has 2 N–H and O–H groups in total. The van der Waals surface area contributed by atoms with Crippen molar-refractivity contribution in [1.29, 1.82) is 0 Å². The van der Waals surface area contributed by atoms with E-state index < -0.39 is 26.6 Å². The molecule has 0 aliphatic rings. The van der Waals surface area contributed by atoms with Crippen molar-refractivity contribution in [2.24, 2.45) is 0 Å². The molecule has 41 heavy (non-hydrogen) atoms. The van der Waals surface area contributed by atoms with Crippen molar-refractivity contribution in [1.82, 2.24) is 5.32 Å². The molecule has 3 atom stereocenters. The van der Waals surface area contributed by atoms with Gasteiger partial charge in [0.1, 0.15) is 13.2 Å². The molecule has 0 aromatic carbocycles. The zero-order valence-electron chi connectivity index (χ0n) is 26.0. The number of hydrogen-bond acceptors (Lipinski definition) is 6. The minimum absolute atomic E-state index is 0.0230. The minimum atomic E-state index is -4.58. The fourth-order valence-electron chi connectivity index (χ4n) is 3.26. The number of hydrogen-bond donors (Lipinski definition) is 2. The van der Waals surface area contributed by atoms with E-state index in [9.17, 15) is 19.4 Å². The van der Waals surface area contributed by atoms with Crippen LogP contribution in [0.1, 0.15) is 71.6 Å². The molecule has 3 unspecified atom stereocenters. The van der Waals surface area contributed by atoms with E-state index in [4.69, 9.17) is 9.05 Å². The fourth-order valence-corrected chi connectivity index (χ4v) is 3.98. The second-order valence-corrected chi connectivity index (χ2v) is 12.1. The van der Waals surface area contributed by atoms with E-state index in [0.29, 0.717) is 17.4 Å². The number of amides is 1. The van der Waals surface area contributed by atoms with Gasteiger partial charge >= 0.3 is 0 Å². The maximum Gasteiger partial charge on any atom is 0.268 e. The van der Waals surface area contributed by atoms with E-state index in [1.54, 1.807) is 12.2 Å². The number of phosphoric ester groups is 1. The van der Waals surface area contributed by atoms with Crippen molar-refractivity contribution < 1.29 is 32.9 Å². The molecule has 0 radical (unpaired) electrons. The van der Waals surface area contributed by atoms with Crippen LogP contribution in [0.2, 0.25) is 0 Å². The van der Waals surface area contributed by atoms with E-state index in [-0.39, 0.29) is 18.9 Å². The third-order valence-corrected chi connectivity index (χ3v) is 6.67. The summed E-state index contributed by atoms with van der Waals surface area (Å²) in [5, 5.41) is 13.3. The first-order chi connectivity index (χ1) is 19.5. The Morgan fingerprint density at radius 2 is 1.41 bits per heavy atom. The predicted molar refractivity (Wildman–Crippen MR) is 168 cm³/mol. The van der Waals surface area contributed by atoms with E-state index in [2.05, 4.69) is 61.7 Å². The zero-order valence-corrected chi connectivity index (χ0v) is 26.8. The van der Waals surface area contributed by atoms with E-state index in [1.165, 1.54) is 0 Å². The molecule has 0 aliphatic carbocycles. The van der Waals surface area contributed by atoms with Gasteiger partial charge in [0.2, 0.25) is 5.91 Å². The number of rotatable bonds is 24. The third kappa shape index (κ3) is 26.6. The molecule has 1 amide bonds. The summed E-state index contributed by atoms with van der Waals surface area (Å²) >= 11 is 0. The summed E-state index contributed by atoms with van der Waals surface area (Å²) in [6.45, 7) is 4.22. The molecule has 0 aromatic rings. The number of allylic oxidation sites excluding steroid dienone is 10. The second kappa shape index (κ2) is 24.5. The average Bonchev–Trinajstić information content (AvgIpc) is 2.90. The number of unbranched alkanes of at least 4 members (excludes halogenated alkanes) is 2. The molecule has 0 saturated carbocycles. The van der Waals surface area contributed by atoms with Crippen LogP contribution in [-0.2, 0) is 18.4 Å². The smallest absolute Gasteiger partial charge is 0.268 e. The summed E-state index contributed by atoms with van der Waals surface area (Å²) in [5.74, 6) is -0.340. The highest BCUT2D eigenvalue weighted by Crippen LogP contribution is 2.38. The van der Waals surface area contributed by atoms with Crippen LogP contribution < -0.4 is 10.2 Å². The Bertz CT molecular complexity index is 902. The zero-order chi connectivity index (χ0) is 30.8. The van der Waals surface area contributed by atoms with Gasteiger partial charge in [0.05, 0.1) is 39.9 Å². The Morgan fingerprint density at radius 1 is 0.878 bits per heavy atom. The highest BCUT2D eigenvalue weighted by Gasteiger charge is 2.22. The van der Waals surface area contributed by atoms with Gasteiger partial charge in [-0.15, -0.1) is 0 Å². The number of phosphoric acid groups is 1. The highest BCUT2D eigenvalue weighted by molar-refractivity contribution is 7.45. The monoisotopic (exact) mass is 594 g/mol. The largest absolute Gasteiger partial charge is 0.756 e. The minimum Gasteiger partial charge on any atom is -0.756 e. The molecule has 8 nitrogen and oxygen atoms in total. The van der Waals surface area contributed by atoms with Gasteiger partial charge < -0.3 is 28.8 Å². The maximum atomic E-state index is 12.5. The van der Waals surface area contributed by atoms with Gasteiger partial charge in [0.15, 0.2) is 0 Å². The van der Waals surface area contributed by atoms with Crippen molar-refractivity contribution in [3.8, 4) is 0 Å². The number of aliphatic hydroxyl groups is 1. The lowest BCUT2D eigenvalue weighted by Crippen LogP contribution is -2.45. The standard InChI is InChI=1S/C32H55N2O6P/c1-6-8-10-12-13-14-15-16-17-18-19-20-21-22-24-26-32(36)33-30(31(35)25-23-11-9-7-2)29-40-41(37,38)39-28-27-34(3,4)5/h8,10,13-14,16-17,19-20,22-25,30-31,35H,6-7,9,11-12,15,18,21,26-29H2,1-5H3,(H-,33,36,37,38)/b10-8-,14-13-,17-16-,20-19-,24-22-,25-23+. The van der Waals surface area contributed by atoms with Crippen molar-refractivity contribution in [3.05, 3.63) is 72.9 Å². The van der Waals surface area contributed by atoms with Crippen LogP contribution in [0.3, 0.4) is 0 Å². The third-order valence-electron chi connectivity index (χ3n) is 5.70. The summed E-state index contributed by atoms with van der Waals surface area (Å²) in [7, 11) is 1.18. The SMILES string of the molecule is CC/C=C\C/C=C\C/C=C\C/C=C\C/C=C\CC(=O)NC(COP(=O)([O-])OCC[N+](C)(C)C)C(O)/C=C/CCCC. The fraction of sp³-hybridized carbons (Fsp3) is 0.594. The normalized spacial score (nSPS) is 16.2. The number of carbonyl (C=O) groups is 1. The second-order valence-electron chi connectivity index (χ2n) is 10.7. The first kappa shape index (κ1) is 38.9. The number of aliphatic hydroxyl groups excluding tert-OH is 1. The van der Waals surface area contributed by atoms with Crippen molar-refractivity contribution in [2.45, 2.75) is 83.8 Å². The van der Waals surface area contributed by atoms with Crippen molar-refractivity contribution in [3.63, 3.8) is 0 Å². The number of nitrogens with one attached hydrogen (secondary N) is 1. The molecule has 9 heteroatoms. The van der Waals surface area contributed by atoms with Crippen LogP contribution >= 0.6 is 7.82 Å². The molecule has 234 valence electrons. The summed E-state index contributed by atoms with van der Waals surface area (Å²) in [5.41, 5.74) is 0. The van der Waals surface area contributed by atoms with Crippen molar-refractivity contribution in [2.75, 3.05) is 40.9 Å². The summed E-state index contributed by atoms with van der Waals surface area (Å²) in [4.78, 5) is 24.7. The quantitative estimate of drug-likeness (QED) is 0.0621. The first-order valence-electron chi connectivity index (χ1n) is 14.8. The topological polar surface area (TPSA) is 108 Å². The van der Waals surface area contributed by atoms with Crippen LogP contribution in [-0.4, -0.2) is 68.5 Å². The van der Waals surface area contributed by atoms with Gasteiger partial charge in [-0.25, -0.2) is 0 Å². The summed E-state index contributed by atoms with van der Waals surface area (Å²) in [6, 6.07) is -0.938. The molecule has 0 heterocycles. The number of quaternary nitrogens is 1. The maximum absolute atomic E-state index is 12.5. The van der Waals surface area contributed by atoms with Gasteiger partial charge in [0.25, 0.3) is 7.82 Å². The molecule has 0 aromatic heterocycles. The number of likely N-dealkylation sites (N-methyl/N-ethyl adjacent to an activating group) is 1. The first-order valence-corrected chi connectivity index (χ1v) is 16.3. The van der Waals surface area contributed by atoms with E-state index in [0.717, 1.165) is 44.9 Å². The molecule has 0 fully saturated rings. The predicted octanol–water partition coefficient (Wildman–Crippen LogP) is 5.93. The van der Waals surface area contributed by atoms with Crippen LogP contribution in [0.5, 0.6) is 0 Å². The van der Waals surface area contributed by atoms with Gasteiger partial charge in [-0.2, -0.15) is 0 Å². The van der Waals surface area contributed by atoms with Crippen LogP contribution in [0, 0.1) is 0 Å². The lowest BCUT2D eigenvalue weighted by atomic mass is 10.1. The Morgan fingerprint density at radius 3 is 1.93 bits per heavy atom. The Hall–Kier alpha value is -2.06. The van der Waals surface area contributed by atoms with E-state index in [1.807, 2.05) is 39.4 Å².